The topological polar surface area (TPSA) is 112 Å². The molecule has 1 saturated carbocycles. The Bertz CT molecular complexity index is 1010. The van der Waals surface area contributed by atoms with Crippen molar-refractivity contribution in [2.45, 2.75) is 55.9 Å². The lowest BCUT2D eigenvalue weighted by atomic mass is 9.93. The van der Waals surface area contributed by atoms with Gasteiger partial charge in [-0.3, -0.25) is 9.78 Å². The van der Waals surface area contributed by atoms with Crippen LogP contribution in [0.3, 0.4) is 0 Å². The number of hydrogen-bond donors (Lipinski definition) is 2. The van der Waals surface area contributed by atoms with E-state index in [-0.39, 0.29) is 28.3 Å². The fraction of sp³-hybridized carbons (Fsp3) is 0.579. The minimum Gasteiger partial charge on any atom is -0.408 e. The van der Waals surface area contributed by atoms with E-state index in [2.05, 4.69) is 10.3 Å². The quantitative estimate of drug-likeness (QED) is 0.805. The number of oxazole rings is 1. The number of nitrogens with zero attached hydrogens (tertiary/aromatic N) is 1. The number of sulfonamides is 1. The fourth-order valence-electron chi connectivity index (χ4n) is 4.16. The van der Waals surface area contributed by atoms with Gasteiger partial charge in [0.2, 0.25) is 15.9 Å². The van der Waals surface area contributed by atoms with Gasteiger partial charge in [0.05, 0.1) is 10.4 Å². The summed E-state index contributed by atoms with van der Waals surface area (Å²) in [6.45, 7) is 0.612. The van der Waals surface area contributed by atoms with Crippen LogP contribution in [0.15, 0.2) is 32.3 Å². The molecule has 1 aromatic heterocycles. The normalized spacial score (nSPS) is 20.4. The lowest BCUT2D eigenvalue weighted by Crippen LogP contribution is -2.45. The summed E-state index contributed by atoms with van der Waals surface area (Å²) in [5, 5.41) is 3.14. The second-order valence-electron chi connectivity index (χ2n) is 7.69. The molecule has 8 nitrogen and oxygen atoms in total. The third-order valence-corrected chi connectivity index (χ3v) is 7.70. The van der Waals surface area contributed by atoms with Gasteiger partial charge in [-0.2, -0.15) is 4.31 Å². The molecule has 0 bridgehead atoms. The van der Waals surface area contributed by atoms with E-state index < -0.39 is 15.8 Å². The highest BCUT2D eigenvalue weighted by Crippen LogP contribution is 2.26. The number of hydrogen-bond acceptors (Lipinski definition) is 5. The Morgan fingerprint density at radius 1 is 1.11 bits per heavy atom. The zero-order valence-corrected chi connectivity index (χ0v) is 16.5. The van der Waals surface area contributed by atoms with Gasteiger partial charge in [-0.25, -0.2) is 13.2 Å². The smallest absolute Gasteiger partial charge is 0.408 e. The molecule has 1 saturated heterocycles. The summed E-state index contributed by atoms with van der Waals surface area (Å²) >= 11 is 0. The Kier molecular flexibility index (Phi) is 5.29. The lowest BCUT2D eigenvalue weighted by Gasteiger charge is -2.32. The summed E-state index contributed by atoms with van der Waals surface area (Å²) in [7, 11) is -3.69. The van der Waals surface area contributed by atoms with Crippen LogP contribution in [0.2, 0.25) is 0 Å². The third kappa shape index (κ3) is 3.86. The van der Waals surface area contributed by atoms with Gasteiger partial charge in [0.1, 0.15) is 0 Å². The molecular formula is C19H25N3O5S. The van der Waals surface area contributed by atoms with Crippen LogP contribution in [0.4, 0.5) is 0 Å². The van der Waals surface area contributed by atoms with Crippen LogP contribution in [0.1, 0.15) is 44.9 Å². The summed E-state index contributed by atoms with van der Waals surface area (Å²) in [4.78, 5) is 26.4. The van der Waals surface area contributed by atoms with Crippen molar-refractivity contribution < 1.29 is 17.6 Å². The minimum atomic E-state index is -3.69. The Balaban J connectivity index is 1.40. The number of carbonyl (C=O) groups excluding carboxylic acids is 1. The van der Waals surface area contributed by atoms with Gasteiger partial charge in [-0.15, -0.1) is 0 Å². The van der Waals surface area contributed by atoms with Gasteiger partial charge in [0, 0.05) is 31.1 Å². The molecule has 2 fully saturated rings. The second kappa shape index (κ2) is 7.71. The number of H-pyrrole nitrogens is 1. The standard InChI is InChI=1S/C19H25N3O5S/c23-18(20-14-4-2-1-3-5-14)13-8-10-22(11-9-13)28(25,26)15-6-7-16-17(12-15)27-19(24)21-16/h6-7,12-14H,1-5,8-11H2,(H,20,23)(H,21,24). The minimum absolute atomic E-state index is 0.0551. The van der Waals surface area contributed by atoms with Crippen LogP contribution in [0, 0.1) is 5.92 Å². The first-order chi connectivity index (χ1) is 13.4. The first kappa shape index (κ1) is 19.2. The molecule has 2 N–H and O–H groups in total. The highest BCUT2D eigenvalue weighted by molar-refractivity contribution is 7.89. The van der Waals surface area contributed by atoms with Gasteiger partial charge in [-0.1, -0.05) is 19.3 Å². The average Bonchev–Trinajstić information content (AvgIpc) is 3.08. The van der Waals surface area contributed by atoms with E-state index in [0.29, 0.717) is 31.4 Å². The number of fused-ring (bicyclic) bond motifs is 1. The van der Waals surface area contributed by atoms with Crippen LogP contribution >= 0.6 is 0 Å². The van der Waals surface area contributed by atoms with Crippen molar-refractivity contribution in [2.24, 2.45) is 5.92 Å². The van der Waals surface area contributed by atoms with Crippen molar-refractivity contribution in [1.29, 1.82) is 0 Å². The van der Waals surface area contributed by atoms with E-state index in [0.717, 1.165) is 25.7 Å². The maximum absolute atomic E-state index is 12.9. The molecule has 1 amide bonds. The number of amides is 1. The molecule has 152 valence electrons. The van der Waals surface area contributed by atoms with Crippen LogP contribution in [0.5, 0.6) is 0 Å². The number of benzene rings is 1. The molecule has 2 aliphatic rings. The molecule has 1 aliphatic heterocycles. The van der Waals surface area contributed by atoms with Crippen molar-refractivity contribution in [3.8, 4) is 0 Å². The van der Waals surface area contributed by atoms with Crippen LogP contribution in [0.25, 0.3) is 11.1 Å². The van der Waals surface area contributed by atoms with Crippen LogP contribution in [-0.4, -0.2) is 42.7 Å². The van der Waals surface area contributed by atoms with Gasteiger partial charge >= 0.3 is 5.76 Å². The van der Waals surface area contributed by atoms with E-state index in [9.17, 15) is 18.0 Å². The van der Waals surface area contributed by atoms with Crippen molar-refractivity contribution in [3.63, 3.8) is 0 Å². The van der Waals surface area contributed by atoms with Gasteiger partial charge < -0.3 is 9.73 Å². The van der Waals surface area contributed by atoms with E-state index in [1.807, 2.05) is 0 Å². The average molecular weight is 407 g/mol. The fourth-order valence-corrected chi connectivity index (χ4v) is 5.65. The van der Waals surface area contributed by atoms with E-state index in [1.165, 1.54) is 28.9 Å². The second-order valence-corrected chi connectivity index (χ2v) is 9.63. The van der Waals surface area contributed by atoms with Gasteiger partial charge in [-0.05, 0) is 37.8 Å². The Morgan fingerprint density at radius 3 is 2.54 bits per heavy atom. The molecule has 1 aliphatic carbocycles. The maximum atomic E-state index is 12.9. The van der Waals surface area contributed by atoms with Crippen molar-refractivity contribution in [1.82, 2.24) is 14.6 Å². The van der Waals surface area contributed by atoms with E-state index >= 15 is 0 Å². The highest BCUT2D eigenvalue weighted by Gasteiger charge is 2.33. The predicted octanol–water partition coefficient (Wildman–Crippen LogP) is 1.97. The SMILES string of the molecule is O=C(NC1CCCCC1)C1CCN(S(=O)(=O)c2ccc3[nH]c(=O)oc3c2)CC1. The third-order valence-electron chi connectivity index (χ3n) is 5.81. The largest absolute Gasteiger partial charge is 0.417 e. The van der Waals surface area contributed by atoms with Crippen LogP contribution < -0.4 is 11.1 Å². The molecule has 0 spiro atoms. The van der Waals surface area contributed by atoms with E-state index in [4.69, 9.17) is 4.42 Å². The number of aromatic nitrogens is 1. The summed E-state index contributed by atoms with van der Waals surface area (Å²) in [6.07, 6.45) is 6.66. The summed E-state index contributed by atoms with van der Waals surface area (Å²) in [5.74, 6) is -0.702. The number of nitrogens with one attached hydrogen (secondary N) is 2. The number of carbonyl (C=O) groups is 1. The summed E-state index contributed by atoms with van der Waals surface area (Å²) in [6, 6.07) is 4.62. The Morgan fingerprint density at radius 2 is 1.82 bits per heavy atom. The summed E-state index contributed by atoms with van der Waals surface area (Å²) < 4.78 is 32.2. The first-order valence-corrected chi connectivity index (χ1v) is 11.3. The predicted molar refractivity (Wildman–Crippen MR) is 103 cm³/mol. The number of piperidine rings is 1. The molecule has 2 heterocycles. The zero-order chi connectivity index (χ0) is 19.7. The van der Waals surface area contributed by atoms with Crippen molar-refractivity contribution in [3.05, 3.63) is 28.7 Å². The lowest BCUT2D eigenvalue weighted by molar-refractivity contribution is -0.127. The summed E-state index contributed by atoms with van der Waals surface area (Å²) in [5.41, 5.74) is 0.676. The molecule has 4 rings (SSSR count). The molecule has 0 atom stereocenters. The maximum Gasteiger partial charge on any atom is 0.417 e. The highest BCUT2D eigenvalue weighted by atomic mass is 32.2. The van der Waals surface area contributed by atoms with Crippen molar-refractivity contribution in [2.75, 3.05) is 13.1 Å². The van der Waals surface area contributed by atoms with Gasteiger partial charge in [0.15, 0.2) is 5.58 Å². The van der Waals surface area contributed by atoms with Crippen molar-refractivity contribution >= 4 is 27.0 Å². The Hall–Kier alpha value is -2.13. The zero-order valence-electron chi connectivity index (χ0n) is 15.6. The first-order valence-electron chi connectivity index (χ1n) is 9.87. The molecule has 28 heavy (non-hydrogen) atoms. The molecule has 0 unspecified atom stereocenters. The monoisotopic (exact) mass is 407 g/mol. The number of rotatable bonds is 4. The number of aromatic amines is 1. The molecule has 2 aromatic rings. The molecule has 1 aromatic carbocycles. The van der Waals surface area contributed by atoms with E-state index in [1.54, 1.807) is 0 Å². The molecular weight excluding hydrogens is 382 g/mol. The Labute approximate surface area is 163 Å². The van der Waals surface area contributed by atoms with Gasteiger partial charge in [0.25, 0.3) is 0 Å². The molecule has 0 radical (unpaired) electrons. The van der Waals surface area contributed by atoms with Crippen LogP contribution in [-0.2, 0) is 14.8 Å². The molecule has 9 heteroatoms.